The Morgan fingerprint density at radius 3 is 2.65 bits per heavy atom. The summed E-state index contributed by atoms with van der Waals surface area (Å²) < 4.78 is 5.38. The molecule has 7 heteroatoms. The average molecular weight is 334 g/mol. The number of amides is 1. The van der Waals surface area contributed by atoms with E-state index < -0.39 is 11.9 Å². The fourth-order valence-corrected chi connectivity index (χ4v) is 2.60. The molecule has 1 unspecified atom stereocenters. The maximum Gasteiger partial charge on any atom is 0.308 e. The summed E-state index contributed by atoms with van der Waals surface area (Å²) in [5, 5.41) is 13.8. The van der Waals surface area contributed by atoms with Crippen LogP contribution in [0.2, 0.25) is 0 Å². The molecule has 2 rings (SSSR count). The number of aliphatic carboxylic acids is 1. The zero-order valence-corrected chi connectivity index (χ0v) is 13.7. The van der Waals surface area contributed by atoms with Crippen molar-refractivity contribution >= 4 is 23.2 Å². The number of nitrogens with one attached hydrogen (secondary N) is 1. The molecule has 0 radical (unpaired) electrons. The van der Waals surface area contributed by atoms with E-state index in [-0.39, 0.29) is 18.1 Å². The van der Waals surface area contributed by atoms with Gasteiger partial charge in [-0.3, -0.25) is 9.59 Å². The molecule has 0 bridgehead atoms. The van der Waals surface area contributed by atoms with E-state index in [0.29, 0.717) is 6.61 Å². The van der Waals surface area contributed by atoms with Crippen LogP contribution < -0.4 is 10.1 Å². The second-order valence-corrected chi connectivity index (χ2v) is 5.80. The van der Waals surface area contributed by atoms with Gasteiger partial charge in [-0.25, -0.2) is 4.98 Å². The highest BCUT2D eigenvalue weighted by molar-refractivity contribution is 7.13. The number of thiazole rings is 1. The molecule has 0 spiro atoms. The fraction of sp³-hybridized carbons (Fsp3) is 0.312. The Morgan fingerprint density at radius 2 is 2.04 bits per heavy atom. The molecule has 0 aliphatic heterocycles. The van der Waals surface area contributed by atoms with Crippen LogP contribution in [0.4, 0.5) is 0 Å². The number of ether oxygens (including phenoxy) is 1. The number of benzene rings is 1. The summed E-state index contributed by atoms with van der Waals surface area (Å²) >= 11 is 1.36. The smallest absolute Gasteiger partial charge is 0.308 e. The molecule has 0 saturated carbocycles. The molecule has 1 heterocycles. The number of hydrogen-bond donors (Lipinski definition) is 2. The first-order valence-electron chi connectivity index (χ1n) is 7.21. The Labute approximate surface area is 138 Å². The summed E-state index contributed by atoms with van der Waals surface area (Å²) in [6.07, 6.45) is 0. The van der Waals surface area contributed by atoms with Crippen LogP contribution in [0.3, 0.4) is 0 Å². The van der Waals surface area contributed by atoms with Gasteiger partial charge in [0.05, 0.1) is 12.5 Å². The van der Waals surface area contributed by atoms with Crippen molar-refractivity contribution in [3.8, 4) is 16.3 Å². The number of nitrogens with zero attached hydrogens (tertiary/aromatic N) is 1. The molecule has 23 heavy (non-hydrogen) atoms. The minimum atomic E-state index is -0.946. The van der Waals surface area contributed by atoms with Gasteiger partial charge in [-0.15, -0.1) is 11.3 Å². The van der Waals surface area contributed by atoms with E-state index in [1.165, 1.54) is 18.3 Å². The molecule has 6 nitrogen and oxygen atoms in total. The molecule has 0 aliphatic rings. The van der Waals surface area contributed by atoms with E-state index in [1.54, 1.807) is 5.38 Å². The lowest BCUT2D eigenvalue weighted by molar-refractivity contribution is -0.140. The molecular formula is C16H18N2O4S. The minimum absolute atomic E-state index is 0.0735. The number of aromatic nitrogens is 1. The first-order valence-corrected chi connectivity index (χ1v) is 8.09. The first kappa shape index (κ1) is 17.0. The number of rotatable bonds is 7. The second kappa shape index (κ2) is 7.73. The van der Waals surface area contributed by atoms with Crippen molar-refractivity contribution in [1.82, 2.24) is 10.3 Å². The molecule has 1 aromatic carbocycles. The van der Waals surface area contributed by atoms with Gasteiger partial charge in [0.25, 0.3) is 5.91 Å². The predicted octanol–water partition coefficient (Wildman–Crippen LogP) is 2.66. The van der Waals surface area contributed by atoms with E-state index in [2.05, 4.69) is 10.3 Å². The molecule has 0 saturated heterocycles. The molecule has 1 aromatic heterocycles. The second-order valence-electron chi connectivity index (χ2n) is 4.94. The highest BCUT2D eigenvalue weighted by Crippen LogP contribution is 2.25. The molecule has 1 amide bonds. The van der Waals surface area contributed by atoms with Crippen molar-refractivity contribution in [3.63, 3.8) is 0 Å². The van der Waals surface area contributed by atoms with Crippen molar-refractivity contribution in [2.24, 2.45) is 5.92 Å². The van der Waals surface area contributed by atoms with Crippen LogP contribution in [0.5, 0.6) is 5.75 Å². The van der Waals surface area contributed by atoms with Crippen molar-refractivity contribution in [2.75, 3.05) is 13.2 Å². The number of carbonyl (C=O) groups excluding carboxylic acids is 1. The average Bonchev–Trinajstić information content (AvgIpc) is 3.03. The SMILES string of the molecule is CCOc1ccc(-c2nc(C(=O)NCC(C)C(=O)O)cs2)cc1. The van der Waals surface area contributed by atoms with Gasteiger partial charge in [0.2, 0.25) is 0 Å². The molecule has 122 valence electrons. The number of hydrogen-bond acceptors (Lipinski definition) is 5. The van der Waals surface area contributed by atoms with Gasteiger partial charge >= 0.3 is 5.97 Å². The zero-order chi connectivity index (χ0) is 16.8. The number of carbonyl (C=O) groups is 2. The maximum atomic E-state index is 12.0. The van der Waals surface area contributed by atoms with Crippen LogP contribution in [0.1, 0.15) is 24.3 Å². The first-order chi connectivity index (χ1) is 11.0. The Hall–Kier alpha value is -2.41. The standard InChI is InChI=1S/C16H18N2O4S/c1-3-22-12-6-4-11(5-7-12)15-18-13(9-23-15)14(19)17-8-10(2)16(20)21/h4-7,9-10H,3,8H2,1-2H3,(H,17,19)(H,20,21). The van der Waals surface area contributed by atoms with E-state index in [4.69, 9.17) is 9.84 Å². The van der Waals surface area contributed by atoms with Gasteiger partial charge in [-0.05, 0) is 31.2 Å². The lowest BCUT2D eigenvalue weighted by atomic mass is 10.2. The third kappa shape index (κ3) is 4.53. The molecule has 0 aliphatic carbocycles. The quantitative estimate of drug-likeness (QED) is 0.812. The maximum absolute atomic E-state index is 12.0. The lowest BCUT2D eigenvalue weighted by Gasteiger charge is -2.06. The van der Waals surface area contributed by atoms with Crippen molar-refractivity contribution < 1.29 is 19.4 Å². The highest BCUT2D eigenvalue weighted by atomic mass is 32.1. The van der Waals surface area contributed by atoms with Crippen LogP contribution in [-0.2, 0) is 4.79 Å². The van der Waals surface area contributed by atoms with Gasteiger partial charge in [0.15, 0.2) is 0 Å². The summed E-state index contributed by atoms with van der Waals surface area (Å²) in [5.74, 6) is -1.17. The van der Waals surface area contributed by atoms with E-state index >= 15 is 0 Å². The van der Waals surface area contributed by atoms with Crippen molar-refractivity contribution in [2.45, 2.75) is 13.8 Å². The summed E-state index contributed by atoms with van der Waals surface area (Å²) in [4.78, 5) is 27.0. The summed E-state index contributed by atoms with van der Waals surface area (Å²) in [7, 11) is 0. The Balaban J connectivity index is 2.02. The largest absolute Gasteiger partial charge is 0.494 e. The molecule has 0 fully saturated rings. The van der Waals surface area contributed by atoms with Crippen LogP contribution in [0.15, 0.2) is 29.6 Å². The van der Waals surface area contributed by atoms with E-state index in [0.717, 1.165) is 16.3 Å². The van der Waals surface area contributed by atoms with Crippen LogP contribution in [-0.4, -0.2) is 35.1 Å². The normalized spacial score (nSPS) is 11.7. The lowest BCUT2D eigenvalue weighted by Crippen LogP contribution is -2.31. The Morgan fingerprint density at radius 1 is 1.35 bits per heavy atom. The number of carboxylic acids is 1. The molecule has 2 N–H and O–H groups in total. The van der Waals surface area contributed by atoms with Gasteiger partial charge in [-0.2, -0.15) is 0 Å². The van der Waals surface area contributed by atoms with Gasteiger partial charge in [-0.1, -0.05) is 6.92 Å². The summed E-state index contributed by atoms with van der Waals surface area (Å²) in [6, 6.07) is 7.49. The monoisotopic (exact) mass is 334 g/mol. The van der Waals surface area contributed by atoms with E-state index in [9.17, 15) is 9.59 Å². The van der Waals surface area contributed by atoms with E-state index in [1.807, 2.05) is 31.2 Å². The predicted molar refractivity (Wildman–Crippen MR) is 87.9 cm³/mol. The third-order valence-electron chi connectivity index (χ3n) is 3.14. The minimum Gasteiger partial charge on any atom is -0.494 e. The molecule has 1 atom stereocenters. The summed E-state index contributed by atoms with van der Waals surface area (Å²) in [6.45, 7) is 4.14. The van der Waals surface area contributed by atoms with Crippen molar-refractivity contribution in [1.29, 1.82) is 0 Å². The van der Waals surface area contributed by atoms with Crippen molar-refractivity contribution in [3.05, 3.63) is 35.3 Å². The summed E-state index contributed by atoms with van der Waals surface area (Å²) in [5.41, 5.74) is 1.19. The molecular weight excluding hydrogens is 316 g/mol. The van der Waals surface area contributed by atoms with Gasteiger partial charge in [0, 0.05) is 17.5 Å². The highest BCUT2D eigenvalue weighted by Gasteiger charge is 2.15. The third-order valence-corrected chi connectivity index (χ3v) is 4.03. The Bertz CT molecular complexity index is 682. The van der Waals surface area contributed by atoms with Gasteiger partial charge in [0.1, 0.15) is 16.5 Å². The topological polar surface area (TPSA) is 88.5 Å². The molecule has 2 aromatic rings. The van der Waals surface area contributed by atoms with Crippen LogP contribution in [0.25, 0.3) is 10.6 Å². The fourth-order valence-electron chi connectivity index (χ4n) is 1.79. The van der Waals surface area contributed by atoms with Crippen LogP contribution in [0, 0.1) is 5.92 Å². The van der Waals surface area contributed by atoms with Gasteiger partial charge < -0.3 is 15.2 Å². The zero-order valence-electron chi connectivity index (χ0n) is 12.9. The van der Waals surface area contributed by atoms with Crippen LogP contribution >= 0.6 is 11.3 Å². The number of carboxylic acid groups (broad SMARTS) is 1. The Kier molecular flexibility index (Phi) is 5.70.